The van der Waals surface area contributed by atoms with E-state index in [1.54, 1.807) is 4.90 Å². The number of hydrogen-bond acceptors (Lipinski definition) is 1. The van der Waals surface area contributed by atoms with Crippen LogP contribution in [0.1, 0.15) is 25.5 Å². The van der Waals surface area contributed by atoms with E-state index in [0.717, 1.165) is 12.1 Å². The minimum Gasteiger partial charge on any atom is -0.336 e. The Morgan fingerprint density at radius 2 is 2.11 bits per heavy atom. The number of nitrogens with one attached hydrogen (secondary N) is 1. The van der Waals surface area contributed by atoms with Gasteiger partial charge in [0.05, 0.1) is 6.04 Å². The molecule has 2 rings (SSSR count). The van der Waals surface area contributed by atoms with Gasteiger partial charge in [0, 0.05) is 13.1 Å². The largest absolute Gasteiger partial charge is 0.336 e. The SMILES string of the molecule is CC(C)CN1C(=O)NCC1c1ccc(F)c(F)c1. The van der Waals surface area contributed by atoms with Crippen molar-refractivity contribution in [1.29, 1.82) is 0 Å². The lowest BCUT2D eigenvalue weighted by Gasteiger charge is -2.25. The van der Waals surface area contributed by atoms with Crippen LogP contribution in [-0.4, -0.2) is 24.0 Å². The molecule has 0 spiro atoms. The van der Waals surface area contributed by atoms with E-state index in [9.17, 15) is 13.6 Å². The Bertz CT molecular complexity index is 462. The second-order valence-electron chi connectivity index (χ2n) is 4.92. The van der Waals surface area contributed by atoms with E-state index < -0.39 is 11.6 Å². The van der Waals surface area contributed by atoms with Gasteiger partial charge in [0.2, 0.25) is 0 Å². The van der Waals surface area contributed by atoms with Crippen LogP contribution < -0.4 is 5.32 Å². The summed E-state index contributed by atoms with van der Waals surface area (Å²) in [7, 11) is 0. The van der Waals surface area contributed by atoms with Gasteiger partial charge in [-0.15, -0.1) is 0 Å². The predicted octanol–water partition coefficient (Wildman–Crippen LogP) is 2.69. The van der Waals surface area contributed by atoms with Crippen molar-refractivity contribution >= 4 is 6.03 Å². The molecule has 1 N–H and O–H groups in total. The van der Waals surface area contributed by atoms with Crippen LogP contribution in [0.2, 0.25) is 0 Å². The molecule has 0 bridgehead atoms. The lowest BCUT2D eigenvalue weighted by atomic mass is 10.1. The summed E-state index contributed by atoms with van der Waals surface area (Å²) in [5.41, 5.74) is 0.618. The lowest BCUT2D eigenvalue weighted by molar-refractivity contribution is 0.195. The Hall–Kier alpha value is -1.65. The highest BCUT2D eigenvalue weighted by atomic mass is 19.2. The van der Waals surface area contributed by atoms with E-state index in [-0.39, 0.29) is 12.1 Å². The highest BCUT2D eigenvalue weighted by molar-refractivity contribution is 5.77. The molecular weight excluding hydrogens is 238 g/mol. The van der Waals surface area contributed by atoms with Crippen LogP contribution in [0.15, 0.2) is 18.2 Å². The minimum atomic E-state index is -0.878. The molecule has 18 heavy (non-hydrogen) atoms. The van der Waals surface area contributed by atoms with Crippen LogP contribution in [0.5, 0.6) is 0 Å². The summed E-state index contributed by atoms with van der Waals surface area (Å²) < 4.78 is 26.1. The third kappa shape index (κ3) is 2.44. The average molecular weight is 254 g/mol. The first-order valence-electron chi connectivity index (χ1n) is 5.98. The predicted molar refractivity (Wildman–Crippen MR) is 64.0 cm³/mol. The van der Waals surface area contributed by atoms with Crippen molar-refractivity contribution in [2.75, 3.05) is 13.1 Å². The number of nitrogens with zero attached hydrogens (tertiary/aromatic N) is 1. The Balaban J connectivity index is 2.25. The van der Waals surface area contributed by atoms with Gasteiger partial charge in [0.25, 0.3) is 0 Å². The van der Waals surface area contributed by atoms with Crippen LogP contribution in [0.25, 0.3) is 0 Å². The third-order valence-electron chi connectivity index (χ3n) is 2.97. The zero-order valence-electron chi connectivity index (χ0n) is 10.4. The van der Waals surface area contributed by atoms with Crippen LogP contribution in [0, 0.1) is 17.6 Å². The molecule has 1 heterocycles. The molecule has 0 aromatic heterocycles. The summed E-state index contributed by atoms with van der Waals surface area (Å²) in [6.07, 6.45) is 0. The molecule has 3 nitrogen and oxygen atoms in total. The molecule has 1 unspecified atom stereocenters. The number of amides is 2. The first-order valence-corrected chi connectivity index (χ1v) is 5.98. The van der Waals surface area contributed by atoms with Crippen molar-refractivity contribution in [2.45, 2.75) is 19.9 Å². The van der Waals surface area contributed by atoms with Crippen molar-refractivity contribution in [3.63, 3.8) is 0 Å². The van der Waals surface area contributed by atoms with Gasteiger partial charge < -0.3 is 10.2 Å². The topological polar surface area (TPSA) is 32.3 Å². The van der Waals surface area contributed by atoms with Crippen LogP contribution in [0.4, 0.5) is 13.6 Å². The molecule has 0 saturated carbocycles. The standard InChI is InChI=1S/C13H16F2N2O/c1-8(2)7-17-12(6-16-13(17)18)9-3-4-10(14)11(15)5-9/h3-5,8,12H,6-7H2,1-2H3,(H,16,18). The molecule has 0 aliphatic carbocycles. The van der Waals surface area contributed by atoms with Crippen LogP contribution in [-0.2, 0) is 0 Å². The number of rotatable bonds is 3. The van der Waals surface area contributed by atoms with E-state index >= 15 is 0 Å². The van der Waals surface area contributed by atoms with Gasteiger partial charge in [-0.05, 0) is 23.6 Å². The number of benzene rings is 1. The highest BCUT2D eigenvalue weighted by Gasteiger charge is 2.32. The molecule has 98 valence electrons. The fourth-order valence-electron chi connectivity index (χ4n) is 2.16. The second kappa shape index (κ2) is 4.92. The number of carbonyl (C=O) groups excluding carboxylic acids is 1. The van der Waals surface area contributed by atoms with Gasteiger partial charge in [0.1, 0.15) is 0 Å². The molecule has 1 aromatic carbocycles. The van der Waals surface area contributed by atoms with Crippen LogP contribution >= 0.6 is 0 Å². The van der Waals surface area contributed by atoms with E-state index in [2.05, 4.69) is 5.32 Å². The molecule has 2 amide bonds. The summed E-state index contributed by atoms with van der Waals surface area (Å²) in [6, 6.07) is 3.40. The third-order valence-corrected chi connectivity index (χ3v) is 2.97. The van der Waals surface area contributed by atoms with Crippen LogP contribution in [0.3, 0.4) is 0 Å². The highest BCUT2D eigenvalue weighted by Crippen LogP contribution is 2.26. The Morgan fingerprint density at radius 3 is 2.72 bits per heavy atom. The maximum Gasteiger partial charge on any atom is 0.318 e. The summed E-state index contributed by atoms with van der Waals surface area (Å²) in [6.45, 7) is 5.04. The molecule has 5 heteroatoms. The molecule has 1 aliphatic heterocycles. The summed E-state index contributed by atoms with van der Waals surface area (Å²) in [5.74, 6) is -1.43. The molecule has 1 aliphatic rings. The van der Waals surface area contributed by atoms with Gasteiger partial charge in [-0.3, -0.25) is 0 Å². The smallest absolute Gasteiger partial charge is 0.318 e. The van der Waals surface area contributed by atoms with Gasteiger partial charge in [-0.25, -0.2) is 13.6 Å². The van der Waals surface area contributed by atoms with Gasteiger partial charge in [0.15, 0.2) is 11.6 Å². The quantitative estimate of drug-likeness (QED) is 0.883. The summed E-state index contributed by atoms with van der Waals surface area (Å²) >= 11 is 0. The van der Waals surface area contributed by atoms with E-state index in [1.807, 2.05) is 13.8 Å². The molecule has 0 radical (unpaired) electrons. The fourth-order valence-corrected chi connectivity index (χ4v) is 2.16. The van der Waals surface area contributed by atoms with Gasteiger partial charge in [-0.1, -0.05) is 19.9 Å². The maximum atomic E-state index is 13.2. The Kier molecular flexibility index (Phi) is 3.50. The zero-order valence-corrected chi connectivity index (χ0v) is 10.4. The second-order valence-corrected chi connectivity index (χ2v) is 4.92. The molecule has 1 aromatic rings. The number of hydrogen-bond donors (Lipinski definition) is 1. The monoisotopic (exact) mass is 254 g/mol. The normalized spacial score (nSPS) is 19.5. The first-order chi connectivity index (χ1) is 8.49. The van der Waals surface area contributed by atoms with Gasteiger partial charge in [-0.2, -0.15) is 0 Å². The molecule has 1 saturated heterocycles. The lowest BCUT2D eigenvalue weighted by Crippen LogP contribution is -2.33. The van der Waals surface area contributed by atoms with Crippen molar-refractivity contribution in [1.82, 2.24) is 10.2 Å². The molecular formula is C13H16F2N2O. The first kappa shape index (κ1) is 12.8. The number of urea groups is 1. The molecule has 1 fully saturated rings. The van der Waals surface area contributed by atoms with E-state index in [0.29, 0.717) is 24.6 Å². The molecule has 1 atom stereocenters. The van der Waals surface area contributed by atoms with Crippen molar-refractivity contribution in [3.05, 3.63) is 35.4 Å². The minimum absolute atomic E-state index is 0.154. The number of carbonyl (C=O) groups is 1. The van der Waals surface area contributed by atoms with Crippen molar-refractivity contribution < 1.29 is 13.6 Å². The van der Waals surface area contributed by atoms with Gasteiger partial charge >= 0.3 is 6.03 Å². The maximum absolute atomic E-state index is 13.2. The summed E-state index contributed by atoms with van der Waals surface area (Å²) in [4.78, 5) is 13.4. The van der Waals surface area contributed by atoms with Crippen molar-refractivity contribution in [2.24, 2.45) is 5.92 Å². The van der Waals surface area contributed by atoms with E-state index in [4.69, 9.17) is 0 Å². The van der Waals surface area contributed by atoms with Crippen molar-refractivity contribution in [3.8, 4) is 0 Å². The summed E-state index contributed by atoms with van der Waals surface area (Å²) in [5, 5.41) is 2.73. The van der Waals surface area contributed by atoms with E-state index in [1.165, 1.54) is 6.07 Å². The average Bonchev–Trinajstić information content (AvgIpc) is 2.64. The zero-order chi connectivity index (χ0) is 13.3. The Morgan fingerprint density at radius 1 is 1.39 bits per heavy atom. The number of halogens is 2. The Labute approximate surface area is 105 Å². The fraction of sp³-hybridized carbons (Fsp3) is 0.462.